The van der Waals surface area contributed by atoms with Gasteiger partial charge >= 0.3 is 0 Å². The lowest BCUT2D eigenvalue weighted by Crippen LogP contribution is -2.18. The highest BCUT2D eigenvalue weighted by molar-refractivity contribution is 5.40. The van der Waals surface area contributed by atoms with Crippen LogP contribution in [0.1, 0.15) is 18.1 Å². The molecule has 0 spiro atoms. The third kappa shape index (κ3) is 3.55. The molecule has 0 aliphatic carbocycles. The summed E-state index contributed by atoms with van der Waals surface area (Å²) in [6, 6.07) is 12.4. The van der Waals surface area contributed by atoms with Gasteiger partial charge in [0.15, 0.2) is 11.6 Å². The molecule has 1 unspecified atom stereocenters. The summed E-state index contributed by atoms with van der Waals surface area (Å²) in [4.78, 5) is 0. The highest BCUT2D eigenvalue weighted by Crippen LogP contribution is 2.29. The highest BCUT2D eigenvalue weighted by Gasteiger charge is 2.12. The lowest BCUT2D eigenvalue weighted by molar-refractivity contribution is 0.434. The SMILES string of the molecule is Cc1cccc(Oc2c(F)cccc2CC(C)N)c1. The number of para-hydroxylation sites is 1. The molecule has 0 bridgehead atoms. The average Bonchev–Trinajstić information content (AvgIpc) is 2.33. The molecule has 2 rings (SSSR count). The number of ether oxygens (including phenoxy) is 1. The van der Waals surface area contributed by atoms with Crippen LogP contribution in [0.2, 0.25) is 0 Å². The molecule has 2 aromatic rings. The van der Waals surface area contributed by atoms with Crippen LogP contribution < -0.4 is 10.5 Å². The Balaban J connectivity index is 2.33. The van der Waals surface area contributed by atoms with Gasteiger partial charge in [-0.2, -0.15) is 0 Å². The fourth-order valence-corrected chi connectivity index (χ4v) is 1.97. The fourth-order valence-electron chi connectivity index (χ4n) is 1.97. The van der Waals surface area contributed by atoms with Crippen LogP contribution in [0.3, 0.4) is 0 Å². The minimum atomic E-state index is -0.361. The third-order valence-corrected chi connectivity index (χ3v) is 2.80. The Bertz CT molecular complexity index is 566. The molecule has 0 aromatic heterocycles. The Kier molecular flexibility index (Phi) is 4.17. The first-order valence-corrected chi connectivity index (χ1v) is 6.34. The van der Waals surface area contributed by atoms with E-state index in [0.29, 0.717) is 12.2 Å². The average molecular weight is 259 g/mol. The second kappa shape index (κ2) is 5.85. The van der Waals surface area contributed by atoms with Crippen LogP contribution in [0, 0.1) is 12.7 Å². The molecule has 0 radical (unpaired) electrons. The van der Waals surface area contributed by atoms with Crippen LogP contribution in [-0.4, -0.2) is 6.04 Å². The van der Waals surface area contributed by atoms with Crippen molar-refractivity contribution in [3.63, 3.8) is 0 Å². The first-order valence-electron chi connectivity index (χ1n) is 6.34. The summed E-state index contributed by atoms with van der Waals surface area (Å²) in [5.74, 6) is 0.543. The Morgan fingerprint density at radius 1 is 1.21 bits per heavy atom. The molecule has 0 aliphatic heterocycles. The first-order chi connectivity index (χ1) is 9.06. The maximum Gasteiger partial charge on any atom is 0.166 e. The smallest absolute Gasteiger partial charge is 0.166 e. The van der Waals surface area contributed by atoms with Crippen LogP contribution in [0.4, 0.5) is 4.39 Å². The minimum absolute atomic E-state index is 0.0401. The van der Waals surface area contributed by atoms with E-state index in [2.05, 4.69) is 0 Å². The lowest BCUT2D eigenvalue weighted by Gasteiger charge is -2.14. The van der Waals surface area contributed by atoms with Gasteiger partial charge in [-0.3, -0.25) is 0 Å². The zero-order valence-corrected chi connectivity index (χ0v) is 11.2. The summed E-state index contributed by atoms with van der Waals surface area (Å²) in [6.07, 6.45) is 0.582. The molecule has 2 aromatic carbocycles. The zero-order chi connectivity index (χ0) is 13.8. The van der Waals surface area contributed by atoms with Gasteiger partial charge in [0, 0.05) is 6.04 Å². The summed E-state index contributed by atoms with van der Waals surface area (Å²) in [5, 5.41) is 0. The molecule has 0 saturated carbocycles. The molecule has 2 nitrogen and oxygen atoms in total. The van der Waals surface area contributed by atoms with Crippen LogP contribution >= 0.6 is 0 Å². The maximum atomic E-state index is 13.9. The van der Waals surface area contributed by atoms with Crippen molar-refractivity contribution in [2.24, 2.45) is 5.73 Å². The second-order valence-electron chi connectivity index (χ2n) is 4.83. The summed E-state index contributed by atoms with van der Waals surface area (Å²) in [7, 11) is 0. The van der Waals surface area contributed by atoms with E-state index in [1.165, 1.54) is 6.07 Å². The molecule has 0 fully saturated rings. The standard InChI is InChI=1S/C16H18FNO/c1-11-5-3-7-14(9-11)19-16-13(10-12(2)18)6-4-8-15(16)17/h3-9,12H,10,18H2,1-2H3. The van der Waals surface area contributed by atoms with E-state index in [1.807, 2.05) is 44.2 Å². The van der Waals surface area contributed by atoms with Gasteiger partial charge in [-0.25, -0.2) is 4.39 Å². The van der Waals surface area contributed by atoms with E-state index in [-0.39, 0.29) is 17.6 Å². The molecule has 0 saturated heterocycles. The monoisotopic (exact) mass is 259 g/mol. The van der Waals surface area contributed by atoms with Gasteiger partial charge in [0.25, 0.3) is 0 Å². The summed E-state index contributed by atoms with van der Waals surface area (Å²) in [6.45, 7) is 3.86. The Morgan fingerprint density at radius 3 is 2.63 bits per heavy atom. The predicted octanol–water partition coefficient (Wildman–Crippen LogP) is 3.82. The van der Waals surface area contributed by atoms with Gasteiger partial charge in [0.1, 0.15) is 5.75 Å². The van der Waals surface area contributed by atoms with E-state index >= 15 is 0 Å². The number of hydrogen-bond donors (Lipinski definition) is 1. The number of rotatable bonds is 4. The van der Waals surface area contributed by atoms with E-state index in [0.717, 1.165) is 11.1 Å². The fraction of sp³-hybridized carbons (Fsp3) is 0.250. The van der Waals surface area contributed by atoms with E-state index in [4.69, 9.17) is 10.5 Å². The van der Waals surface area contributed by atoms with Crippen molar-refractivity contribution in [3.05, 3.63) is 59.4 Å². The molecular weight excluding hydrogens is 241 g/mol. The van der Waals surface area contributed by atoms with Crippen molar-refractivity contribution in [1.29, 1.82) is 0 Å². The summed E-state index contributed by atoms with van der Waals surface area (Å²) < 4.78 is 19.6. The number of halogens is 1. The molecule has 2 N–H and O–H groups in total. The summed E-state index contributed by atoms with van der Waals surface area (Å²) >= 11 is 0. The zero-order valence-electron chi connectivity index (χ0n) is 11.2. The van der Waals surface area contributed by atoms with E-state index < -0.39 is 0 Å². The van der Waals surface area contributed by atoms with E-state index in [1.54, 1.807) is 6.07 Å². The largest absolute Gasteiger partial charge is 0.454 e. The number of hydrogen-bond acceptors (Lipinski definition) is 2. The van der Waals surface area contributed by atoms with Crippen LogP contribution in [0.5, 0.6) is 11.5 Å². The number of aryl methyl sites for hydroxylation is 1. The van der Waals surface area contributed by atoms with Crippen molar-refractivity contribution in [2.75, 3.05) is 0 Å². The van der Waals surface area contributed by atoms with Crippen LogP contribution in [0.25, 0.3) is 0 Å². The number of nitrogens with two attached hydrogens (primary N) is 1. The van der Waals surface area contributed by atoms with Gasteiger partial charge in [0.05, 0.1) is 0 Å². The molecule has 0 amide bonds. The van der Waals surface area contributed by atoms with Crippen LogP contribution in [0.15, 0.2) is 42.5 Å². The minimum Gasteiger partial charge on any atom is -0.454 e. The normalized spacial score (nSPS) is 12.2. The molecule has 1 atom stereocenters. The Hall–Kier alpha value is -1.87. The topological polar surface area (TPSA) is 35.2 Å². The number of benzene rings is 2. The van der Waals surface area contributed by atoms with Gasteiger partial charge in [0.2, 0.25) is 0 Å². The summed E-state index contributed by atoms with van der Waals surface area (Å²) in [5.41, 5.74) is 7.64. The molecular formula is C16H18FNO. The van der Waals surface area contributed by atoms with Crippen molar-refractivity contribution in [1.82, 2.24) is 0 Å². The van der Waals surface area contributed by atoms with Crippen molar-refractivity contribution < 1.29 is 9.13 Å². The molecule has 100 valence electrons. The molecule has 19 heavy (non-hydrogen) atoms. The Morgan fingerprint density at radius 2 is 1.95 bits per heavy atom. The maximum absolute atomic E-state index is 13.9. The van der Waals surface area contributed by atoms with Gasteiger partial charge in [-0.05, 0) is 49.6 Å². The molecule has 0 heterocycles. The first kappa shape index (κ1) is 13.6. The quantitative estimate of drug-likeness (QED) is 0.906. The lowest BCUT2D eigenvalue weighted by atomic mass is 10.1. The predicted molar refractivity (Wildman–Crippen MR) is 75.0 cm³/mol. The highest BCUT2D eigenvalue weighted by atomic mass is 19.1. The third-order valence-electron chi connectivity index (χ3n) is 2.80. The van der Waals surface area contributed by atoms with Gasteiger partial charge in [-0.1, -0.05) is 24.3 Å². The Labute approximate surface area is 113 Å². The van der Waals surface area contributed by atoms with Crippen molar-refractivity contribution in [3.8, 4) is 11.5 Å². The molecule has 0 aliphatic rings. The van der Waals surface area contributed by atoms with Gasteiger partial charge in [-0.15, -0.1) is 0 Å². The second-order valence-corrected chi connectivity index (χ2v) is 4.83. The van der Waals surface area contributed by atoms with Crippen molar-refractivity contribution in [2.45, 2.75) is 26.3 Å². The molecule has 3 heteroatoms. The van der Waals surface area contributed by atoms with Crippen LogP contribution in [-0.2, 0) is 6.42 Å². The van der Waals surface area contributed by atoms with E-state index in [9.17, 15) is 4.39 Å². The van der Waals surface area contributed by atoms with Gasteiger partial charge < -0.3 is 10.5 Å². The van der Waals surface area contributed by atoms with Crippen molar-refractivity contribution >= 4 is 0 Å².